The van der Waals surface area contributed by atoms with E-state index in [1.807, 2.05) is 0 Å². The molecule has 8 nitrogen and oxygen atoms in total. The van der Waals surface area contributed by atoms with Gasteiger partial charge in [-0.3, -0.25) is 19.7 Å². The second-order valence-electron chi connectivity index (χ2n) is 4.03. The summed E-state index contributed by atoms with van der Waals surface area (Å²) in [7, 11) is 2.57. The van der Waals surface area contributed by atoms with Crippen LogP contribution in [0.15, 0.2) is 24.3 Å². The van der Waals surface area contributed by atoms with Crippen LogP contribution in [0.25, 0.3) is 0 Å². The number of methoxy groups -OCH3 is 2. The van der Waals surface area contributed by atoms with E-state index in [4.69, 9.17) is 14.2 Å². The van der Waals surface area contributed by atoms with Crippen LogP contribution in [0.1, 0.15) is 12.0 Å². The quantitative estimate of drug-likeness (QED) is 0.233. The van der Waals surface area contributed by atoms with Crippen LogP contribution in [0, 0.1) is 10.1 Å². The normalized spacial score (nSPS) is 10.4. The smallest absolute Gasteiger partial charge is 0.313 e. The predicted octanol–water partition coefficient (Wildman–Crippen LogP) is 1.22. The summed E-state index contributed by atoms with van der Waals surface area (Å²) in [4.78, 5) is 33.0. The number of nitro benzene ring substituents is 1. The van der Waals surface area contributed by atoms with E-state index in [1.54, 1.807) is 0 Å². The molecule has 0 heterocycles. The van der Waals surface area contributed by atoms with Crippen LogP contribution in [0.4, 0.5) is 5.69 Å². The maximum absolute atomic E-state index is 11.5. The Balaban J connectivity index is 2.46. The van der Waals surface area contributed by atoms with E-state index in [1.165, 1.54) is 38.5 Å². The Bertz CT molecular complexity index is 508. The standard InChI is InChI=1S/C13H15NO7/c1-19-13(20-2)11(15)7-12(16)21-8-9-3-5-10(6-4-9)14(17)18/h3-6,13H,7-8H2,1-2H3. The molecule has 0 atom stereocenters. The highest BCUT2D eigenvalue weighted by Crippen LogP contribution is 2.12. The van der Waals surface area contributed by atoms with E-state index in [9.17, 15) is 19.7 Å². The SMILES string of the molecule is COC(OC)C(=O)CC(=O)OCc1ccc([N+](=O)[O-])cc1. The zero-order chi connectivity index (χ0) is 15.8. The van der Waals surface area contributed by atoms with Crippen molar-refractivity contribution in [1.82, 2.24) is 0 Å². The number of Topliss-reactive ketones (excluding diaryl/α,β-unsaturated/α-hetero) is 1. The topological polar surface area (TPSA) is 105 Å². The molecule has 8 heteroatoms. The van der Waals surface area contributed by atoms with E-state index in [-0.39, 0.29) is 12.3 Å². The van der Waals surface area contributed by atoms with Crippen molar-refractivity contribution in [2.24, 2.45) is 0 Å². The number of benzene rings is 1. The van der Waals surface area contributed by atoms with Crippen molar-refractivity contribution in [2.45, 2.75) is 19.3 Å². The maximum atomic E-state index is 11.5. The molecule has 0 unspecified atom stereocenters. The van der Waals surface area contributed by atoms with Crippen molar-refractivity contribution in [1.29, 1.82) is 0 Å². The van der Waals surface area contributed by atoms with E-state index >= 15 is 0 Å². The number of carbonyl (C=O) groups is 2. The number of ether oxygens (including phenoxy) is 3. The van der Waals surface area contributed by atoms with Gasteiger partial charge in [0, 0.05) is 26.4 Å². The molecule has 0 radical (unpaired) electrons. The molecule has 0 aromatic heterocycles. The van der Waals surface area contributed by atoms with Gasteiger partial charge in [0.15, 0.2) is 5.78 Å². The minimum Gasteiger partial charge on any atom is -0.460 e. The average molecular weight is 297 g/mol. The van der Waals surface area contributed by atoms with Gasteiger partial charge in [-0.25, -0.2) is 0 Å². The lowest BCUT2D eigenvalue weighted by Gasteiger charge is -2.11. The first-order chi connectivity index (χ1) is 9.97. The van der Waals surface area contributed by atoms with Crippen molar-refractivity contribution < 1.29 is 28.7 Å². The zero-order valence-electron chi connectivity index (χ0n) is 11.6. The molecular formula is C13H15NO7. The molecule has 0 bridgehead atoms. The Labute approximate surface area is 120 Å². The Hall–Kier alpha value is -2.32. The number of nitro groups is 1. The molecule has 0 fully saturated rings. The first-order valence-electron chi connectivity index (χ1n) is 5.95. The number of hydrogen-bond donors (Lipinski definition) is 0. The highest BCUT2D eigenvalue weighted by molar-refractivity contribution is 5.97. The fraction of sp³-hybridized carbons (Fsp3) is 0.385. The molecule has 1 aromatic rings. The molecule has 0 aliphatic carbocycles. The first kappa shape index (κ1) is 16.7. The molecule has 1 aromatic carbocycles. The summed E-state index contributed by atoms with van der Waals surface area (Å²) in [5.41, 5.74) is 0.528. The van der Waals surface area contributed by atoms with Gasteiger partial charge < -0.3 is 14.2 Å². The van der Waals surface area contributed by atoms with Crippen LogP contribution in [-0.2, 0) is 30.4 Å². The van der Waals surface area contributed by atoms with Crippen LogP contribution < -0.4 is 0 Å². The van der Waals surface area contributed by atoms with Crippen molar-refractivity contribution in [3.8, 4) is 0 Å². The van der Waals surface area contributed by atoms with Crippen LogP contribution in [-0.4, -0.2) is 37.2 Å². The Morgan fingerprint density at radius 3 is 2.24 bits per heavy atom. The number of hydrogen-bond acceptors (Lipinski definition) is 7. The summed E-state index contributed by atoms with van der Waals surface area (Å²) in [6.07, 6.45) is -1.57. The van der Waals surface area contributed by atoms with E-state index < -0.39 is 29.4 Å². The highest BCUT2D eigenvalue weighted by Gasteiger charge is 2.21. The molecule has 114 valence electrons. The van der Waals surface area contributed by atoms with Gasteiger partial charge in [0.05, 0.1) is 4.92 Å². The summed E-state index contributed by atoms with van der Waals surface area (Å²) < 4.78 is 14.3. The number of carbonyl (C=O) groups excluding carboxylic acids is 2. The summed E-state index contributed by atoms with van der Waals surface area (Å²) >= 11 is 0. The largest absolute Gasteiger partial charge is 0.460 e. The lowest BCUT2D eigenvalue weighted by molar-refractivity contribution is -0.384. The third kappa shape index (κ3) is 5.28. The molecule has 0 amide bonds. The van der Waals surface area contributed by atoms with Crippen molar-refractivity contribution in [3.05, 3.63) is 39.9 Å². The number of esters is 1. The van der Waals surface area contributed by atoms with Gasteiger partial charge in [-0.2, -0.15) is 0 Å². The average Bonchev–Trinajstić information content (AvgIpc) is 2.46. The van der Waals surface area contributed by atoms with Gasteiger partial charge in [0.2, 0.25) is 6.29 Å². The van der Waals surface area contributed by atoms with Crippen molar-refractivity contribution >= 4 is 17.4 Å². The summed E-state index contributed by atoms with van der Waals surface area (Å²) in [6.45, 7) is -0.0747. The summed E-state index contributed by atoms with van der Waals surface area (Å²) in [5.74, 6) is -1.27. The number of rotatable bonds is 8. The highest BCUT2D eigenvalue weighted by atomic mass is 16.7. The van der Waals surface area contributed by atoms with E-state index in [0.717, 1.165) is 0 Å². The Kier molecular flexibility index (Phi) is 6.44. The molecule has 0 spiro atoms. The summed E-state index contributed by atoms with van der Waals surface area (Å²) in [6, 6.07) is 5.56. The molecule has 0 aliphatic rings. The fourth-order valence-electron chi connectivity index (χ4n) is 1.51. The lowest BCUT2D eigenvalue weighted by atomic mass is 10.2. The van der Waals surface area contributed by atoms with Crippen molar-refractivity contribution in [3.63, 3.8) is 0 Å². The van der Waals surface area contributed by atoms with Crippen LogP contribution in [0.5, 0.6) is 0 Å². The third-order valence-electron chi connectivity index (χ3n) is 2.56. The third-order valence-corrected chi connectivity index (χ3v) is 2.56. The van der Waals surface area contributed by atoms with Crippen LogP contribution in [0.3, 0.4) is 0 Å². The molecular weight excluding hydrogens is 282 g/mol. The van der Waals surface area contributed by atoms with Crippen molar-refractivity contribution in [2.75, 3.05) is 14.2 Å². The first-order valence-corrected chi connectivity index (χ1v) is 5.95. The second kappa shape index (κ2) is 8.08. The molecule has 0 saturated heterocycles. The van der Waals surface area contributed by atoms with Gasteiger partial charge in [-0.05, 0) is 17.7 Å². The lowest BCUT2D eigenvalue weighted by Crippen LogP contribution is -2.27. The second-order valence-corrected chi connectivity index (χ2v) is 4.03. The van der Waals surface area contributed by atoms with Crippen LogP contribution >= 0.6 is 0 Å². The minimum atomic E-state index is -1.10. The summed E-state index contributed by atoms with van der Waals surface area (Å²) in [5, 5.41) is 10.5. The van der Waals surface area contributed by atoms with E-state index in [2.05, 4.69) is 0 Å². The molecule has 0 N–H and O–H groups in total. The minimum absolute atomic E-state index is 0.0525. The zero-order valence-corrected chi connectivity index (χ0v) is 11.6. The molecule has 0 aliphatic heterocycles. The number of nitrogens with zero attached hydrogens (tertiary/aromatic N) is 1. The van der Waals surface area contributed by atoms with Crippen LogP contribution in [0.2, 0.25) is 0 Å². The molecule has 0 saturated carbocycles. The fourth-order valence-corrected chi connectivity index (χ4v) is 1.51. The molecule has 1 rings (SSSR count). The predicted molar refractivity (Wildman–Crippen MR) is 70.3 cm³/mol. The maximum Gasteiger partial charge on any atom is 0.313 e. The molecule has 21 heavy (non-hydrogen) atoms. The van der Waals surface area contributed by atoms with Gasteiger partial charge in [0.25, 0.3) is 5.69 Å². The van der Waals surface area contributed by atoms with Gasteiger partial charge in [-0.15, -0.1) is 0 Å². The van der Waals surface area contributed by atoms with E-state index in [0.29, 0.717) is 5.56 Å². The number of non-ortho nitro benzene ring substituents is 1. The van der Waals surface area contributed by atoms with Gasteiger partial charge >= 0.3 is 5.97 Å². The monoisotopic (exact) mass is 297 g/mol. The number of ketones is 1. The Morgan fingerprint density at radius 1 is 1.19 bits per heavy atom. The Morgan fingerprint density at radius 2 is 1.76 bits per heavy atom. The van der Waals surface area contributed by atoms with Gasteiger partial charge in [-0.1, -0.05) is 0 Å². The van der Waals surface area contributed by atoms with Gasteiger partial charge in [0.1, 0.15) is 13.0 Å².